The maximum absolute atomic E-state index is 13.8. The first kappa shape index (κ1) is 16.6. The number of fused-ring (bicyclic) bond motifs is 1. The molecule has 7 heteroatoms. The van der Waals surface area contributed by atoms with Crippen LogP contribution in [0.4, 0.5) is 4.39 Å². The van der Waals surface area contributed by atoms with Gasteiger partial charge in [0, 0.05) is 17.7 Å². The molecule has 1 aromatic carbocycles. The van der Waals surface area contributed by atoms with Crippen LogP contribution in [0.5, 0.6) is 0 Å². The van der Waals surface area contributed by atoms with E-state index in [0.717, 1.165) is 6.42 Å². The molecule has 0 amide bonds. The summed E-state index contributed by atoms with van der Waals surface area (Å²) >= 11 is 6.30. The second-order valence-corrected chi connectivity index (χ2v) is 6.41. The molecule has 2 aromatic heterocycles. The van der Waals surface area contributed by atoms with Crippen molar-refractivity contribution >= 4 is 17.4 Å². The molecule has 0 radical (unpaired) electrons. The van der Waals surface area contributed by atoms with E-state index in [-0.39, 0.29) is 5.56 Å². The van der Waals surface area contributed by atoms with Crippen molar-refractivity contribution in [3.63, 3.8) is 0 Å². The molecule has 0 spiro atoms. The van der Waals surface area contributed by atoms with Crippen LogP contribution in [0.3, 0.4) is 0 Å². The Hall–Kier alpha value is -2.21. The van der Waals surface area contributed by atoms with E-state index >= 15 is 0 Å². The van der Waals surface area contributed by atoms with Gasteiger partial charge in [-0.3, -0.25) is 4.79 Å². The summed E-state index contributed by atoms with van der Waals surface area (Å²) in [6.07, 6.45) is 2.31. The highest BCUT2D eigenvalue weighted by atomic mass is 35.5. The summed E-state index contributed by atoms with van der Waals surface area (Å²) in [6.45, 7) is 6.53. The maximum atomic E-state index is 13.8. The van der Waals surface area contributed by atoms with E-state index in [1.165, 1.54) is 29.0 Å². The first-order chi connectivity index (χ1) is 11.4. The van der Waals surface area contributed by atoms with Crippen LogP contribution in [0.15, 0.2) is 29.3 Å². The first-order valence-electron chi connectivity index (χ1n) is 7.82. The molecular formula is C17H18ClFN4O. The molecule has 126 valence electrons. The topological polar surface area (TPSA) is 52.2 Å². The van der Waals surface area contributed by atoms with Crippen molar-refractivity contribution in [2.75, 3.05) is 0 Å². The zero-order chi connectivity index (χ0) is 17.4. The van der Waals surface area contributed by atoms with Gasteiger partial charge in [-0.25, -0.2) is 4.39 Å². The van der Waals surface area contributed by atoms with E-state index < -0.39 is 5.82 Å². The molecule has 0 aliphatic rings. The third-order valence-electron chi connectivity index (χ3n) is 4.28. The number of nitrogens with zero attached hydrogens (tertiary/aromatic N) is 4. The Morgan fingerprint density at radius 2 is 2.12 bits per heavy atom. The first-order valence-corrected chi connectivity index (χ1v) is 8.20. The standard InChI is InChI=1S/C17H18ClFN4O/c1-4-10(2)8-22-15(13-7-12(19)5-6-14(13)18)11(3)16(24)23-17(22)20-9-21-23/h5-7,9-10H,4,8H2,1-3H3. The summed E-state index contributed by atoms with van der Waals surface area (Å²) in [5, 5.41) is 4.40. The van der Waals surface area contributed by atoms with Crippen molar-refractivity contribution in [3.8, 4) is 11.3 Å². The number of benzene rings is 1. The number of hydrogen-bond acceptors (Lipinski definition) is 3. The molecule has 24 heavy (non-hydrogen) atoms. The van der Waals surface area contributed by atoms with E-state index in [9.17, 15) is 9.18 Å². The number of halogens is 2. The van der Waals surface area contributed by atoms with Crippen molar-refractivity contribution in [3.05, 3.63) is 51.3 Å². The Bertz CT molecular complexity index is 963. The molecule has 5 nitrogen and oxygen atoms in total. The largest absolute Gasteiger partial charge is 0.309 e. The Balaban J connectivity index is 2.40. The SMILES string of the molecule is CCC(C)Cn1c(-c2cc(F)ccc2Cl)c(C)c(=O)n2ncnc12. The summed E-state index contributed by atoms with van der Waals surface area (Å²) in [4.78, 5) is 16.8. The van der Waals surface area contributed by atoms with Crippen LogP contribution in [-0.2, 0) is 6.54 Å². The fourth-order valence-corrected chi connectivity index (χ4v) is 2.97. The van der Waals surface area contributed by atoms with Crippen molar-refractivity contribution in [1.82, 2.24) is 19.2 Å². The Labute approximate surface area is 143 Å². The Morgan fingerprint density at radius 3 is 2.83 bits per heavy atom. The molecule has 0 bridgehead atoms. The maximum Gasteiger partial charge on any atom is 0.279 e. The minimum absolute atomic E-state index is 0.279. The van der Waals surface area contributed by atoms with Crippen molar-refractivity contribution in [1.29, 1.82) is 0 Å². The van der Waals surface area contributed by atoms with Crippen LogP contribution in [0, 0.1) is 18.7 Å². The predicted molar refractivity (Wildman–Crippen MR) is 91.8 cm³/mol. The summed E-state index contributed by atoms with van der Waals surface area (Å²) in [5.41, 5.74) is 1.26. The van der Waals surface area contributed by atoms with Crippen LogP contribution in [-0.4, -0.2) is 19.2 Å². The Morgan fingerprint density at radius 1 is 1.38 bits per heavy atom. The molecule has 0 N–H and O–H groups in total. The molecule has 2 heterocycles. The minimum atomic E-state index is -0.405. The van der Waals surface area contributed by atoms with Crippen LogP contribution in [0.2, 0.25) is 5.02 Å². The van der Waals surface area contributed by atoms with E-state index in [4.69, 9.17) is 11.6 Å². The third-order valence-corrected chi connectivity index (χ3v) is 4.61. The van der Waals surface area contributed by atoms with Gasteiger partial charge in [0.15, 0.2) is 0 Å². The second-order valence-electron chi connectivity index (χ2n) is 6.00. The molecule has 0 fully saturated rings. The Kier molecular flexibility index (Phi) is 4.41. The lowest BCUT2D eigenvalue weighted by atomic mass is 10.0. The summed E-state index contributed by atoms with van der Waals surface area (Å²) in [5.74, 6) is 0.373. The molecule has 3 rings (SSSR count). The van der Waals surface area contributed by atoms with Gasteiger partial charge >= 0.3 is 0 Å². The zero-order valence-corrected chi connectivity index (χ0v) is 14.5. The normalized spacial score (nSPS) is 12.7. The van der Waals surface area contributed by atoms with Gasteiger partial charge < -0.3 is 4.57 Å². The highest BCUT2D eigenvalue weighted by Crippen LogP contribution is 2.31. The lowest BCUT2D eigenvalue weighted by molar-refractivity contribution is 0.471. The van der Waals surface area contributed by atoms with Crippen molar-refractivity contribution < 1.29 is 4.39 Å². The average Bonchev–Trinajstić information content (AvgIpc) is 3.05. The van der Waals surface area contributed by atoms with Crippen LogP contribution >= 0.6 is 11.6 Å². The van der Waals surface area contributed by atoms with Gasteiger partial charge in [0.05, 0.1) is 10.7 Å². The van der Waals surface area contributed by atoms with Gasteiger partial charge in [0.25, 0.3) is 5.56 Å². The highest BCUT2D eigenvalue weighted by Gasteiger charge is 2.20. The summed E-state index contributed by atoms with van der Waals surface area (Å²) in [6, 6.07) is 4.15. The predicted octanol–water partition coefficient (Wildman–Crippen LogP) is 3.71. The monoisotopic (exact) mass is 348 g/mol. The van der Waals surface area contributed by atoms with E-state index in [0.29, 0.717) is 40.1 Å². The van der Waals surface area contributed by atoms with Crippen LogP contribution < -0.4 is 5.56 Å². The molecule has 1 atom stereocenters. The van der Waals surface area contributed by atoms with E-state index in [1.54, 1.807) is 6.92 Å². The fraction of sp³-hybridized carbons (Fsp3) is 0.353. The van der Waals surface area contributed by atoms with Crippen molar-refractivity contribution in [2.24, 2.45) is 5.92 Å². The van der Waals surface area contributed by atoms with Gasteiger partial charge in [-0.1, -0.05) is 31.9 Å². The lowest BCUT2D eigenvalue weighted by Gasteiger charge is -2.20. The van der Waals surface area contributed by atoms with Crippen LogP contribution in [0.25, 0.3) is 17.0 Å². The van der Waals surface area contributed by atoms with E-state index in [1.807, 2.05) is 4.57 Å². The number of hydrogen-bond donors (Lipinski definition) is 0. The average molecular weight is 349 g/mol. The van der Waals surface area contributed by atoms with Gasteiger partial charge in [-0.2, -0.15) is 14.6 Å². The fourth-order valence-electron chi connectivity index (χ4n) is 2.77. The minimum Gasteiger partial charge on any atom is -0.309 e. The number of aromatic nitrogens is 4. The van der Waals surface area contributed by atoms with Gasteiger partial charge in [0.1, 0.15) is 12.1 Å². The van der Waals surface area contributed by atoms with Gasteiger partial charge in [-0.15, -0.1) is 0 Å². The molecule has 0 saturated carbocycles. The molecular weight excluding hydrogens is 331 g/mol. The molecule has 0 aliphatic carbocycles. The lowest BCUT2D eigenvalue weighted by Crippen LogP contribution is -2.25. The third kappa shape index (κ3) is 2.71. The van der Waals surface area contributed by atoms with Crippen LogP contribution in [0.1, 0.15) is 25.8 Å². The smallest absolute Gasteiger partial charge is 0.279 e. The summed E-state index contributed by atoms with van der Waals surface area (Å²) in [7, 11) is 0. The van der Waals surface area contributed by atoms with Crippen molar-refractivity contribution in [2.45, 2.75) is 33.7 Å². The molecule has 0 aliphatic heterocycles. The number of rotatable bonds is 4. The second kappa shape index (κ2) is 6.36. The molecule has 3 aromatic rings. The van der Waals surface area contributed by atoms with Gasteiger partial charge in [0.2, 0.25) is 5.78 Å². The quantitative estimate of drug-likeness (QED) is 0.722. The van der Waals surface area contributed by atoms with E-state index in [2.05, 4.69) is 23.9 Å². The summed E-state index contributed by atoms with van der Waals surface area (Å²) < 4.78 is 17.0. The molecule has 0 saturated heterocycles. The zero-order valence-electron chi connectivity index (χ0n) is 13.8. The molecule has 1 unspecified atom stereocenters. The highest BCUT2D eigenvalue weighted by molar-refractivity contribution is 6.33. The van der Waals surface area contributed by atoms with Gasteiger partial charge in [-0.05, 0) is 31.0 Å².